The normalized spacial score (nSPS) is 22.2. The number of hydrogen-bond acceptors (Lipinski definition) is 8. The number of nitrogen functional groups attached to an aromatic ring is 1. The van der Waals surface area contributed by atoms with E-state index in [2.05, 4.69) is 15.4 Å². The lowest BCUT2D eigenvalue weighted by Gasteiger charge is -2.19. The zero-order valence-corrected chi connectivity index (χ0v) is 18.3. The van der Waals surface area contributed by atoms with Gasteiger partial charge in [-0.2, -0.15) is 5.10 Å². The number of alkyl halides is 1. The maximum atomic E-state index is 14.2. The van der Waals surface area contributed by atoms with Crippen LogP contribution in [-0.4, -0.2) is 38.7 Å². The molecule has 4 rings (SSSR count). The fourth-order valence-electron chi connectivity index (χ4n) is 3.68. The number of ether oxygens (including phenoxy) is 1. The van der Waals surface area contributed by atoms with Crippen LogP contribution in [0, 0.1) is 17.5 Å². The minimum Gasteiger partial charge on any atom is -0.389 e. The van der Waals surface area contributed by atoms with Crippen molar-refractivity contribution in [1.82, 2.24) is 14.8 Å². The average molecular weight is 486 g/mol. The highest BCUT2D eigenvalue weighted by molar-refractivity contribution is 7.18. The first-order chi connectivity index (χ1) is 15.7. The van der Waals surface area contributed by atoms with E-state index in [1.165, 1.54) is 10.9 Å². The van der Waals surface area contributed by atoms with Gasteiger partial charge < -0.3 is 26.6 Å². The van der Waals surface area contributed by atoms with Gasteiger partial charge in [0.05, 0.1) is 29.7 Å². The third-order valence-electron chi connectivity index (χ3n) is 5.46. The molecule has 0 amide bonds. The van der Waals surface area contributed by atoms with E-state index in [4.69, 9.17) is 16.2 Å². The van der Waals surface area contributed by atoms with Gasteiger partial charge in [-0.15, -0.1) is 0 Å². The van der Waals surface area contributed by atoms with Gasteiger partial charge in [0.15, 0.2) is 17.9 Å². The number of halogens is 4. The molecule has 0 radical (unpaired) electrons. The van der Waals surface area contributed by atoms with Crippen LogP contribution in [-0.2, 0) is 11.8 Å². The molecule has 6 N–H and O–H groups in total. The van der Waals surface area contributed by atoms with Crippen LogP contribution < -0.4 is 16.8 Å². The van der Waals surface area contributed by atoms with E-state index < -0.39 is 47.6 Å². The Morgan fingerprint density at radius 1 is 1.27 bits per heavy atom. The summed E-state index contributed by atoms with van der Waals surface area (Å²) in [6.45, 7) is -0.174. The number of nitrogens with zero attached hydrogens (tertiary/aromatic N) is 3. The summed E-state index contributed by atoms with van der Waals surface area (Å²) in [5, 5.41) is 17.4. The summed E-state index contributed by atoms with van der Waals surface area (Å²) in [6.07, 6.45) is -1.03. The molecule has 0 aliphatic carbocycles. The smallest absolute Gasteiger partial charge is 0.172 e. The summed E-state index contributed by atoms with van der Waals surface area (Å²) in [4.78, 5) is 4.03. The van der Waals surface area contributed by atoms with Gasteiger partial charge in [-0.1, -0.05) is 11.3 Å². The van der Waals surface area contributed by atoms with Crippen LogP contribution in [0.2, 0.25) is 0 Å². The molecule has 2 aromatic heterocycles. The van der Waals surface area contributed by atoms with E-state index >= 15 is 0 Å². The number of aliphatic hydroxyl groups excluding tert-OH is 1. The molecule has 3 aromatic rings. The number of anilines is 2. The number of thiazole rings is 1. The fourth-order valence-corrected chi connectivity index (χ4v) is 4.58. The van der Waals surface area contributed by atoms with Crippen molar-refractivity contribution in [3.63, 3.8) is 0 Å². The second-order valence-corrected chi connectivity index (χ2v) is 8.71. The predicted molar refractivity (Wildman–Crippen MR) is 114 cm³/mol. The van der Waals surface area contributed by atoms with Crippen molar-refractivity contribution >= 4 is 22.0 Å². The Morgan fingerprint density at radius 3 is 2.76 bits per heavy atom. The highest BCUT2D eigenvalue weighted by atomic mass is 32.1. The number of aromatic nitrogens is 3. The van der Waals surface area contributed by atoms with Crippen molar-refractivity contribution in [3.05, 3.63) is 47.2 Å². The van der Waals surface area contributed by atoms with Gasteiger partial charge in [0.1, 0.15) is 33.8 Å². The van der Waals surface area contributed by atoms with Gasteiger partial charge in [-0.05, 0) is 25.0 Å². The van der Waals surface area contributed by atoms with Crippen LogP contribution >= 0.6 is 11.3 Å². The van der Waals surface area contributed by atoms with Crippen molar-refractivity contribution in [1.29, 1.82) is 0 Å². The molecule has 1 aliphatic heterocycles. The number of aryl methyl sites for hydroxylation is 1. The number of rotatable bonds is 5. The molecule has 33 heavy (non-hydrogen) atoms. The van der Waals surface area contributed by atoms with Gasteiger partial charge in [-0.25, -0.2) is 22.5 Å². The Bertz CT molecular complexity index is 1140. The van der Waals surface area contributed by atoms with E-state index in [1.54, 1.807) is 7.05 Å². The zero-order valence-electron chi connectivity index (χ0n) is 17.4. The van der Waals surface area contributed by atoms with E-state index in [0.29, 0.717) is 41.6 Å². The number of nitrogens with two attached hydrogens (primary N) is 2. The summed E-state index contributed by atoms with van der Waals surface area (Å²) in [5.41, 5.74) is 11.9. The van der Waals surface area contributed by atoms with Crippen molar-refractivity contribution < 1.29 is 27.4 Å². The maximum Gasteiger partial charge on any atom is 0.172 e. The van der Waals surface area contributed by atoms with E-state index in [0.717, 1.165) is 6.07 Å². The number of nitrogens with one attached hydrogen (secondary N) is 1. The Balaban J connectivity index is 1.60. The molecule has 3 heterocycles. The second kappa shape index (κ2) is 9.25. The summed E-state index contributed by atoms with van der Waals surface area (Å²) in [6, 6.07) is 0.810. The summed E-state index contributed by atoms with van der Waals surface area (Å²) in [7, 11) is 1.67. The largest absolute Gasteiger partial charge is 0.389 e. The number of hydrogen-bond donors (Lipinski definition) is 4. The molecule has 0 saturated carbocycles. The van der Waals surface area contributed by atoms with Crippen molar-refractivity contribution in [2.45, 2.75) is 37.4 Å². The molecule has 178 valence electrons. The van der Waals surface area contributed by atoms with E-state index in [1.807, 2.05) is 0 Å². The molecule has 1 fully saturated rings. The first-order valence-electron chi connectivity index (χ1n) is 10.0. The molecular weight excluding hydrogens is 464 g/mol. The predicted octanol–water partition coefficient (Wildman–Crippen LogP) is 3.16. The van der Waals surface area contributed by atoms with Crippen molar-refractivity contribution in [2.24, 2.45) is 12.8 Å². The van der Waals surface area contributed by atoms with Crippen LogP contribution in [0.5, 0.6) is 0 Å². The molecule has 1 aromatic carbocycles. The third kappa shape index (κ3) is 4.53. The standard InChI is InChI=1S/C20H22F4N6O2S/c1-30-17(13-5-4-11(25)10(23)7-32-13)12(6-27-30)28-19(31)16-18(26)33-20(29-16)14-8(21)2-3-9(22)15(14)24/h2-3,6,10-11,13,19,28,31H,4-5,7,25-26H2,1H3/t10-,11-,13+,19?/m1/s1. The molecule has 8 nitrogen and oxygen atoms in total. The fraction of sp³-hybridized carbons (Fsp3) is 0.400. The quantitative estimate of drug-likeness (QED) is 0.248. The maximum absolute atomic E-state index is 14.2. The molecule has 0 spiro atoms. The monoisotopic (exact) mass is 486 g/mol. The number of aliphatic hydroxyl groups is 1. The summed E-state index contributed by atoms with van der Waals surface area (Å²) < 4.78 is 63.0. The van der Waals surface area contributed by atoms with Crippen molar-refractivity contribution in [2.75, 3.05) is 17.7 Å². The SMILES string of the molecule is Cn1ncc(NC(O)c2nc(-c3c(F)ccc(F)c3F)sc2N)c1[C@@H]1CC[C@@H](N)[C@H](F)CO1. The highest BCUT2D eigenvalue weighted by Gasteiger charge is 2.30. The highest BCUT2D eigenvalue weighted by Crippen LogP contribution is 2.38. The van der Waals surface area contributed by atoms with E-state index in [-0.39, 0.29) is 22.3 Å². The lowest BCUT2D eigenvalue weighted by molar-refractivity contribution is 0.0246. The third-order valence-corrected chi connectivity index (χ3v) is 6.38. The van der Waals surface area contributed by atoms with Gasteiger partial charge in [0.2, 0.25) is 0 Å². The minimum absolute atomic E-state index is 0.0181. The molecule has 1 saturated heterocycles. The van der Waals surface area contributed by atoms with E-state index in [9.17, 15) is 22.7 Å². The summed E-state index contributed by atoms with van der Waals surface area (Å²) in [5.74, 6) is -3.65. The first-order valence-corrected chi connectivity index (χ1v) is 10.9. The number of benzene rings is 1. The molecular formula is C20H22F4N6O2S. The topological polar surface area (TPSA) is 124 Å². The van der Waals surface area contributed by atoms with Gasteiger partial charge in [0, 0.05) is 13.1 Å². The lowest BCUT2D eigenvalue weighted by atomic mass is 10.0. The second-order valence-electron chi connectivity index (χ2n) is 7.68. The van der Waals surface area contributed by atoms with Crippen LogP contribution in [0.15, 0.2) is 18.3 Å². The summed E-state index contributed by atoms with van der Waals surface area (Å²) >= 11 is 0.703. The lowest BCUT2D eigenvalue weighted by Crippen LogP contribution is -2.32. The zero-order chi connectivity index (χ0) is 23.9. The Labute approximate surface area is 190 Å². The Hall–Kier alpha value is -2.74. The molecule has 13 heteroatoms. The molecule has 4 atom stereocenters. The minimum atomic E-state index is -1.49. The van der Waals surface area contributed by atoms with Crippen LogP contribution in [0.3, 0.4) is 0 Å². The Morgan fingerprint density at radius 2 is 2.00 bits per heavy atom. The molecule has 1 aliphatic rings. The van der Waals surface area contributed by atoms with Crippen LogP contribution in [0.25, 0.3) is 10.6 Å². The van der Waals surface area contributed by atoms with Gasteiger partial charge >= 0.3 is 0 Å². The average Bonchev–Trinajstić information content (AvgIpc) is 3.28. The molecule has 1 unspecified atom stereocenters. The van der Waals surface area contributed by atoms with Gasteiger partial charge in [0.25, 0.3) is 0 Å². The van der Waals surface area contributed by atoms with Gasteiger partial charge in [-0.3, -0.25) is 4.68 Å². The first kappa shape index (κ1) is 23.4. The van der Waals surface area contributed by atoms with Crippen molar-refractivity contribution in [3.8, 4) is 10.6 Å². The van der Waals surface area contributed by atoms with Crippen LogP contribution in [0.1, 0.15) is 36.6 Å². The van der Waals surface area contributed by atoms with Crippen LogP contribution in [0.4, 0.5) is 28.3 Å². The Kier molecular flexibility index (Phi) is 6.56. The molecule has 0 bridgehead atoms.